The van der Waals surface area contributed by atoms with E-state index < -0.39 is 11.2 Å². The topological polar surface area (TPSA) is 65.1 Å². The van der Waals surface area contributed by atoms with Gasteiger partial charge in [-0.15, -0.1) is 0 Å². The molecular weight excluding hydrogens is 248 g/mol. The smallest absolute Gasteiger partial charge is 0.303 e. The summed E-state index contributed by atoms with van der Waals surface area (Å²) in [6, 6.07) is 0. The van der Waals surface area contributed by atoms with E-state index in [1.54, 1.807) is 0 Å². The van der Waals surface area contributed by atoms with Crippen LogP contribution in [-0.2, 0) is 23.8 Å². The van der Waals surface area contributed by atoms with Gasteiger partial charge in [0.2, 0.25) is 0 Å². The Labute approximate surface area is 112 Å². The molecule has 5 nitrogen and oxygen atoms in total. The van der Waals surface area contributed by atoms with Gasteiger partial charge in [-0.2, -0.15) is 0 Å². The van der Waals surface area contributed by atoms with Crippen LogP contribution < -0.4 is 0 Å². The van der Waals surface area contributed by atoms with Crippen molar-refractivity contribution in [2.75, 3.05) is 0 Å². The van der Waals surface area contributed by atoms with Crippen molar-refractivity contribution in [2.24, 2.45) is 0 Å². The molecule has 5 heteroatoms. The fraction of sp³-hybridized carbons (Fsp3) is 0.857. The summed E-state index contributed by atoms with van der Waals surface area (Å²) in [7, 11) is 0. The van der Waals surface area contributed by atoms with Gasteiger partial charge in [-0.25, -0.2) is 0 Å². The first-order valence-electron chi connectivity index (χ1n) is 7.05. The van der Waals surface area contributed by atoms with E-state index in [1.807, 2.05) is 0 Å². The first kappa shape index (κ1) is 12.9. The van der Waals surface area contributed by atoms with Crippen LogP contribution in [0.5, 0.6) is 0 Å². The third-order valence-corrected chi connectivity index (χ3v) is 4.72. The van der Waals surface area contributed by atoms with Crippen molar-refractivity contribution in [3.63, 3.8) is 0 Å². The minimum atomic E-state index is -0.394. The Morgan fingerprint density at radius 3 is 1.74 bits per heavy atom. The first-order chi connectivity index (χ1) is 9.00. The molecule has 106 valence electrons. The van der Waals surface area contributed by atoms with Gasteiger partial charge in [0.25, 0.3) is 0 Å². The monoisotopic (exact) mass is 268 g/mol. The van der Waals surface area contributed by atoms with Crippen LogP contribution in [0, 0.1) is 0 Å². The van der Waals surface area contributed by atoms with E-state index in [1.165, 1.54) is 13.8 Å². The number of ether oxygens (including phenoxy) is 3. The van der Waals surface area contributed by atoms with Gasteiger partial charge in [0, 0.05) is 13.8 Å². The molecule has 0 radical (unpaired) electrons. The Morgan fingerprint density at radius 1 is 0.947 bits per heavy atom. The summed E-state index contributed by atoms with van der Waals surface area (Å²) in [5.74, 6) is -0.527. The summed E-state index contributed by atoms with van der Waals surface area (Å²) in [6.07, 6.45) is 4.98. The molecule has 1 heterocycles. The van der Waals surface area contributed by atoms with Gasteiger partial charge in [-0.1, -0.05) is 0 Å². The zero-order valence-electron chi connectivity index (χ0n) is 11.4. The van der Waals surface area contributed by atoms with E-state index in [2.05, 4.69) is 0 Å². The van der Waals surface area contributed by atoms with E-state index >= 15 is 0 Å². The third kappa shape index (κ3) is 1.78. The van der Waals surface area contributed by atoms with Crippen LogP contribution >= 0.6 is 0 Å². The highest BCUT2D eigenvalue weighted by Crippen LogP contribution is 2.66. The van der Waals surface area contributed by atoms with Crippen LogP contribution in [0.4, 0.5) is 0 Å². The average molecular weight is 268 g/mol. The van der Waals surface area contributed by atoms with Gasteiger partial charge in [-0.05, 0) is 38.5 Å². The first-order valence-corrected chi connectivity index (χ1v) is 7.05. The number of carbonyl (C=O) groups excluding carboxylic acids is 2. The van der Waals surface area contributed by atoms with Crippen molar-refractivity contribution < 1.29 is 23.8 Å². The summed E-state index contributed by atoms with van der Waals surface area (Å²) in [4.78, 5) is 22.5. The van der Waals surface area contributed by atoms with E-state index in [-0.39, 0.29) is 24.1 Å². The second-order valence-electron chi connectivity index (χ2n) is 5.86. The van der Waals surface area contributed by atoms with Crippen molar-refractivity contribution >= 4 is 11.9 Å². The second-order valence-corrected chi connectivity index (χ2v) is 5.86. The minimum Gasteiger partial charge on any atom is -0.459 e. The lowest BCUT2D eigenvalue weighted by atomic mass is 9.68. The van der Waals surface area contributed by atoms with E-state index in [0.717, 1.165) is 38.5 Å². The molecule has 3 fully saturated rings. The van der Waals surface area contributed by atoms with Crippen LogP contribution in [0.1, 0.15) is 52.4 Å². The molecule has 0 N–H and O–H groups in total. The van der Waals surface area contributed by atoms with E-state index in [4.69, 9.17) is 14.2 Å². The lowest BCUT2D eigenvalue weighted by Crippen LogP contribution is -2.52. The highest BCUT2D eigenvalue weighted by molar-refractivity contribution is 5.67. The maximum absolute atomic E-state index is 11.2. The maximum Gasteiger partial charge on any atom is 0.303 e. The van der Waals surface area contributed by atoms with Gasteiger partial charge >= 0.3 is 11.9 Å². The molecule has 3 rings (SSSR count). The lowest BCUT2D eigenvalue weighted by molar-refractivity contribution is -0.157. The standard InChI is InChI=1S/C14H20O5/c1-9(15)17-11-5-3-8-14-12(18-10(2)16)6-4-7-13(11,14)19-14/h11-12H,3-8H2,1-2H3/t11-,12+,13-,14-/m0/s1. The van der Waals surface area contributed by atoms with Crippen molar-refractivity contribution in [1.82, 2.24) is 0 Å². The zero-order valence-corrected chi connectivity index (χ0v) is 11.4. The Balaban J connectivity index is 1.83. The quantitative estimate of drug-likeness (QED) is 0.563. The zero-order chi connectivity index (χ0) is 13.7. The van der Waals surface area contributed by atoms with Crippen molar-refractivity contribution in [3.05, 3.63) is 0 Å². The van der Waals surface area contributed by atoms with Gasteiger partial charge in [0.15, 0.2) is 0 Å². The fourth-order valence-corrected chi connectivity index (χ4v) is 4.10. The summed E-state index contributed by atoms with van der Waals surface area (Å²) in [5, 5.41) is 0. The fourth-order valence-electron chi connectivity index (χ4n) is 4.10. The Kier molecular flexibility index (Phi) is 2.85. The molecule has 0 bridgehead atoms. The molecule has 0 aromatic carbocycles. The summed E-state index contributed by atoms with van der Waals surface area (Å²) < 4.78 is 17.0. The normalized spacial score (nSPS) is 43.7. The molecule has 0 spiro atoms. The number of hydrogen-bond donors (Lipinski definition) is 0. The summed E-state index contributed by atoms with van der Waals surface area (Å²) >= 11 is 0. The molecule has 4 atom stereocenters. The Morgan fingerprint density at radius 2 is 1.37 bits per heavy atom. The molecule has 0 aromatic heterocycles. The molecule has 1 saturated heterocycles. The maximum atomic E-state index is 11.2. The number of carbonyl (C=O) groups is 2. The van der Waals surface area contributed by atoms with Crippen molar-refractivity contribution in [1.29, 1.82) is 0 Å². The molecule has 0 aromatic rings. The highest BCUT2D eigenvalue weighted by atomic mass is 16.7. The predicted molar refractivity (Wildman–Crippen MR) is 65.4 cm³/mol. The van der Waals surface area contributed by atoms with Crippen LogP contribution in [0.2, 0.25) is 0 Å². The van der Waals surface area contributed by atoms with Crippen LogP contribution in [0.15, 0.2) is 0 Å². The molecule has 3 aliphatic rings. The molecule has 0 amide bonds. The SMILES string of the molecule is CC(=O)O[C@H]1CCC[C@@]23O[C@@]12CCC[C@H]3OC(C)=O. The minimum absolute atomic E-state index is 0.183. The van der Waals surface area contributed by atoms with Crippen LogP contribution in [0.25, 0.3) is 0 Å². The molecule has 0 unspecified atom stereocenters. The second kappa shape index (κ2) is 4.20. The lowest BCUT2D eigenvalue weighted by Gasteiger charge is -2.38. The number of esters is 2. The van der Waals surface area contributed by atoms with Crippen LogP contribution in [-0.4, -0.2) is 35.3 Å². The number of epoxide rings is 1. The van der Waals surface area contributed by atoms with Crippen molar-refractivity contribution in [3.8, 4) is 0 Å². The Bertz CT molecular complexity index is 382. The van der Waals surface area contributed by atoms with E-state index in [9.17, 15) is 9.59 Å². The van der Waals surface area contributed by atoms with Crippen molar-refractivity contribution in [2.45, 2.75) is 75.8 Å². The average Bonchev–Trinajstić information content (AvgIpc) is 3.00. The third-order valence-electron chi connectivity index (χ3n) is 4.72. The molecule has 1 aliphatic heterocycles. The predicted octanol–water partition coefficient (Wildman–Crippen LogP) is 1.73. The molecule has 19 heavy (non-hydrogen) atoms. The van der Waals surface area contributed by atoms with Gasteiger partial charge in [-0.3, -0.25) is 9.59 Å². The summed E-state index contributed by atoms with van der Waals surface area (Å²) in [6.45, 7) is 2.86. The number of hydrogen-bond acceptors (Lipinski definition) is 5. The van der Waals surface area contributed by atoms with Gasteiger partial charge in [0.05, 0.1) is 0 Å². The highest BCUT2D eigenvalue weighted by Gasteiger charge is 2.80. The largest absolute Gasteiger partial charge is 0.459 e. The van der Waals surface area contributed by atoms with Gasteiger partial charge in [0.1, 0.15) is 23.4 Å². The van der Waals surface area contributed by atoms with Gasteiger partial charge < -0.3 is 14.2 Å². The number of rotatable bonds is 2. The molecule has 2 aliphatic carbocycles. The van der Waals surface area contributed by atoms with E-state index in [0.29, 0.717) is 0 Å². The summed E-state index contributed by atoms with van der Waals surface area (Å²) in [5.41, 5.74) is -0.787. The molecular formula is C14H20O5. The Hall–Kier alpha value is -1.10. The molecule has 2 saturated carbocycles. The van der Waals surface area contributed by atoms with Crippen LogP contribution in [0.3, 0.4) is 0 Å².